The third-order valence-electron chi connectivity index (χ3n) is 4.52. The molecule has 0 unspecified atom stereocenters. The predicted molar refractivity (Wildman–Crippen MR) is 107 cm³/mol. The van der Waals surface area contributed by atoms with Crippen molar-refractivity contribution in [2.24, 2.45) is 0 Å². The average molecular weight is 360 g/mol. The first-order valence-electron chi connectivity index (χ1n) is 10.8. The first-order chi connectivity index (χ1) is 12.3. The van der Waals surface area contributed by atoms with Crippen LogP contribution in [0.15, 0.2) is 0 Å². The van der Waals surface area contributed by atoms with Gasteiger partial charge in [0.2, 0.25) is 0 Å². The number of rotatable bonds is 21. The van der Waals surface area contributed by atoms with Gasteiger partial charge in [0.1, 0.15) is 0 Å². The molecule has 152 valence electrons. The third kappa shape index (κ3) is 20.0. The van der Waals surface area contributed by atoms with Crippen molar-refractivity contribution in [2.45, 2.75) is 84.5 Å². The molecule has 0 aliphatic rings. The van der Waals surface area contributed by atoms with Gasteiger partial charge in [0, 0.05) is 19.7 Å². The maximum atomic E-state index is 8.78. The van der Waals surface area contributed by atoms with Crippen molar-refractivity contribution >= 4 is 0 Å². The number of ether oxygens (including phenoxy) is 2. The van der Waals surface area contributed by atoms with E-state index < -0.39 is 0 Å². The molecule has 0 aromatic heterocycles. The van der Waals surface area contributed by atoms with Gasteiger partial charge in [-0.15, -0.1) is 0 Å². The van der Waals surface area contributed by atoms with Crippen LogP contribution in [0.5, 0.6) is 0 Å². The largest absolute Gasteiger partial charge is 0.394 e. The van der Waals surface area contributed by atoms with Crippen LogP contribution < -0.4 is 0 Å². The third-order valence-corrected chi connectivity index (χ3v) is 4.52. The molecule has 0 saturated carbocycles. The number of aliphatic hydroxyl groups excluding tert-OH is 1. The van der Waals surface area contributed by atoms with E-state index in [-0.39, 0.29) is 6.61 Å². The summed E-state index contributed by atoms with van der Waals surface area (Å²) in [5.74, 6) is 0. The molecule has 0 aromatic carbocycles. The van der Waals surface area contributed by atoms with E-state index in [0.29, 0.717) is 13.2 Å². The molecule has 25 heavy (non-hydrogen) atoms. The van der Waals surface area contributed by atoms with Gasteiger partial charge in [0.05, 0.1) is 26.4 Å². The minimum Gasteiger partial charge on any atom is -0.394 e. The predicted octanol–water partition coefficient (Wildman–Crippen LogP) is 4.64. The van der Waals surface area contributed by atoms with Gasteiger partial charge in [-0.1, -0.05) is 71.6 Å². The minimum absolute atomic E-state index is 0.109. The van der Waals surface area contributed by atoms with E-state index in [1.165, 1.54) is 64.2 Å². The summed E-state index contributed by atoms with van der Waals surface area (Å²) in [4.78, 5) is 2.44. The molecule has 0 atom stereocenters. The van der Waals surface area contributed by atoms with Crippen LogP contribution in [0.3, 0.4) is 0 Å². The lowest BCUT2D eigenvalue weighted by atomic mass is 10.1. The molecule has 0 radical (unpaired) electrons. The minimum atomic E-state index is 0.109. The van der Waals surface area contributed by atoms with Crippen LogP contribution in [0.1, 0.15) is 84.5 Å². The van der Waals surface area contributed by atoms with Crippen LogP contribution in [-0.2, 0) is 9.47 Å². The zero-order valence-corrected chi connectivity index (χ0v) is 17.1. The molecule has 0 heterocycles. The summed E-state index contributed by atoms with van der Waals surface area (Å²) in [7, 11) is 0. The number of aliphatic hydroxyl groups is 1. The van der Waals surface area contributed by atoms with Gasteiger partial charge in [-0.05, 0) is 19.4 Å². The van der Waals surface area contributed by atoms with Crippen molar-refractivity contribution < 1.29 is 14.6 Å². The Bertz CT molecular complexity index is 227. The molecular weight excluding hydrogens is 314 g/mol. The molecular formula is C21H45NO3. The highest BCUT2D eigenvalue weighted by molar-refractivity contribution is 4.58. The summed E-state index contributed by atoms with van der Waals surface area (Å²) < 4.78 is 11.0. The lowest BCUT2D eigenvalue weighted by Gasteiger charge is -2.22. The summed E-state index contributed by atoms with van der Waals surface area (Å²) in [6.07, 6.45) is 14.9. The Morgan fingerprint density at radius 2 is 1.08 bits per heavy atom. The van der Waals surface area contributed by atoms with E-state index in [4.69, 9.17) is 14.6 Å². The Kier molecular flexibility index (Phi) is 21.7. The number of hydrogen-bond donors (Lipinski definition) is 1. The topological polar surface area (TPSA) is 41.9 Å². The van der Waals surface area contributed by atoms with Gasteiger partial charge < -0.3 is 14.6 Å². The molecule has 0 aliphatic heterocycles. The molecule has 0 bridgehead atoms. The molecule has 0 fully saturated rings. The maximum absolute atomic E-state index is 8.78. The lowest BCUT2D eigenvalue weighted by Crippen LogP contribution is -2.32. The van der Waals surface area contributed by atoms with Crippen molar-refractivity contribution in [1.82, 2.24) is 4.90 Å². The van der Waals surface area contributed by atoms with Gasteiger partial charge in [-0.2, -0.15) is 0 Å². The van der Waals surface area contributed by atoms with Gasteiger partial charge >= 0.3 is 0 Å². The average Bonchev–Trinajstić information content (AvgIpc) is 2.63. The standard InChI is InChI=1S/C21H45NO3/c1-3-5-6-7-8-9-10-11-12-13-14-22(15-19-24-18-4-2)16-20-25-21-17-23/h23H,3-21H2,1-2H3. The Labute approximate surface area is 157 Å². The Morgan fingerprint density at radius 3 is 1.60 bits per heavy atom. The highest BCUT2D eigenvalue weighted by atomic mass is 16.5. The molecule has 0 amide bonds. The molecule has 0 aromatic rings. The second kappa shape index (κ2) is 21.9. The molecule has 0 rings (SSSR count). The summed E-state index contributed by atoms with van der Waals surface area (Å²) in [6.45, 7) is 10.4. The number of hydrogen-bond acceptors (Lipinski definition) is 4. The van der Waals surface area contributed by atoms with Crippen LogP contribution >= 0.6 is 0 Å². The normalized spacial score (nSPS) is 11.5. The number of nitrogens with zero attached hydrogens (tertiary/aromatic N) is 1. The van der Waals surface area contributed by atoms with Crippen molar-refractivity contribution in [3.63, 3.8) is 0 Å². The number of unbranched alkanes of at least 4 members (excludes halogenated alkanes) is 9. The van der Waals surface area contributed by atoms with Gasteiger partial charge in [-0.25, -0.2) is 0 Å². The first kappa shape index (κ1) is 24.8. The Morgan fingerprint density at radius 1 is 0.560 bits per heavy atom. The second-order valence-electron chi connectivity index (χ2n) is 6.97. The molecule has 1 N–H and O–H groups in total. The summed E-state index contributed by atoms with van der Waals surface area (Å²) in [6, 6.07) is 0. The fourth-order valence-corrected chi connectivity index (χ4v) is 2.96. The van der Waals surface area contributed by atoms with Crippen molar-refractivity contribution in [3.8, 4) is 0 Å². The summed E-state index contributed by atoms with van der Waals surface area (Å²) in [5, 5.41) is 8.78. The van der Waals surface area contributed by atoms with Crippen molar-refractivity contribution in [3.05, 3.63) is 0 Å². The van der Waals surface area contributed by atoms with Crippen LogP contribution in [0, 0.1) is 0 Å². The molecule has 0 aliphatic carbocycles. The van der Waals surface area contributed by atoms with E-state index in [1.807, 2.05) is 0 Å². The SMILES string of the molecule is CCCCCCCCCCCCN(CCOCCC)CCOCCO. The van der Waals surface area contributed by atoms with Crippen LogP contribution in [0.2, 0.25) is 0 Å². The summed E-state index contributed by atoms with van der Waals surface area (Å²) >= 11 is 0. The Balaban J connectivity index is 3.59. The first-order valence-corrected chi connectivity index (χ1v) is 10.8. The zero-order chi connectivity index (χ0) is 18.4. The maximum Gasteiger partial charge on any atom is 0.0698 e. The van der Waals surface area contributed by atoms with Crippen LogP contribution in [-0.4, -0.2) is 62.7 Å². The van der Waals surface area contributed by atoms with E-state index in [9.17, 15) is 0 Å². The van der Waals surface area contributed by atoms with E-state index in [1.54, 1.807) is 0 Å². The smallest absolute Gasteiger partial charge is 0.0698 e. The van der Waals surface area contributed by atoms with Crippen LogP contribution in [0.25, 0.3) is 0 Å². The fourth-order valence-electron chi connectivity index (χ4n) is 2.96. The lowest BCUT2D eigenvalue weighted by molar-refractivity contribution is 0.0588. The monoisotopic (exact) mass is 359 g/mol. The van der Waals surface area contributed by atoms with Crippen LogP contribution in [0.4, 0.5) is 0 Å². The molecule has 0 spiro atoms. The molecule has 0 saturated heterocycles. The Hall–Kier alpha value is -0.160. The van der Waals surface area contributed by atoms with E-state index in [2.05, 4.69) is 18.7 Å². The fraction of sp³-hybridized carbons (Fsp3) is 1.00. The van der Waals surface area contributed by atoms with Crippen molar-refractivity contribution in [2.75, 3.05) is 52.7 Å². The van der Waals surface area contributed by atoms with Gasteiger partial charge in [0.25, 0.3) is 0 Å². The van der Waals surface area contributed by atoms with Gasteiger partial charge in [0.15, 0.2) is 0 Å². The van der Waals surface area contributed by atoms with Crippen molar-refractivity contribution in [1.29, 1.82) is 0 Å². The highest BCUT2D eigenvalue weighted by Crippen LogP contribution is 2.10. The summed E-state index contributed by atoms with van der Waals surface area (Å²) in [5.41, 5.74) is 0. The highest BCUT2D eigenvalue weighted by Gasteiger charge is 2.05. The molecule has 4 heteroatoms. The molecule has 4 nitrogen and oxygen atoms in total. The van der Waals surface area contributed by atoms with E-state index in [0.717, 1.165) is 39.3 Å². The zero-order valence-electron chi connectivity index (χ0n) is 17.1. The van der Waals surface area contributed by atoms with E-state index >= 15 is 0 Å². The van der Waals surface area contributed by atoms with Gasteiger partial charge in [-0.3, -0.25) is 4.90 Å². The second-order valence-corrected chi connectivity index (χ2v) is 6.97. The quantitative estimate of drug-likeness (QED) is 0.303.